The van der Waals surface area contributed by atoms with Gasteiger partial charge in [0.2, 0.25) is 10.0 Å². The summed E-state index contributed by atoms with van der Waals surface area (Å²) in [6, 6.07) is 10.3. The Morgan fingerprint density at radius 2 is 1.67 bits per heavy atom. The molecule has 2 aromatic rings. The number of sulfonamides is 1. The Morgan fingerprint density at radius 1 is 1.00 bits per heavy atom. The fourth-order valence-electron chi connectivity index (χ4n) is 1.39. The Hall–Kier alpha value is -1.04. The Morgan fingerprint density at radius 3 is 2.33 bits per heavy atom. The van der Waals surface area contributed by atoms with Crippen LogP contribution in [0.1, 0.15) is 0 Å². The van der Waals surface area contributed by atoms with E-state index in [-0.39, 0.29) is 4.90 Å². The van der Waals surface area contributed by atoms with Gasteiger partial charge in [-0.05, 0) is 35.0 Å². The van der Waals surface area contributed by atoms with Crippen LogP contribution < -0.4 is 5.14 Å². The maximum absolute atomic E-state index is 11.1. The molecule has 0 atom stereocenters. The molecular formula is C10H9NO2S2. The quantitative estimate of drug-likeness (QED) is 0.745. The van der Waals surface area contributed by atoms with E-state index in [4.69, 9.17) is 5.14 Å². The predicted octanol–water partition coefficient (Wildman–Crippen LogP) is 1.78. The van der Waals surface area contributed by atoms with Gasteiger partial charge in [-0.1, -0.05) is 12.1 Å². The van der Waals surface area contributed by atoms with E-state index >= 15 is 0 Å². The van der Waals surface area contributed by atoms with Gasteiger partial charge in [0, 0.05) is 4.90 Å². The molecule has 0 heterocycles. The molecule has 15 heavy (non-hydrogen) atoms. The van der Waals surface area contributed by atoms with Crippen LogP contribution in [0.4, 0.5) is 0 Å². The molecule has 0 aliphatic rings. The second-order valence-corrected chi connectivity index (χ2v) is 5.32. The van der Waals surface area contributed by atoms with Crippen LogP contribution in [0, 0.1) is 0 Å². The minimum atomic E-state index is -3.63. The van der Waals surface area contributed by atoms with Crippen LogP contribution in [0.5, 0.6) is 0 Å². The highest BCUT2D eigenvalue weighted by Gasteiger charge is 2.07. The van der Waals surface area contributed by atoms with Crippen molar-refractivity contribution < 1.29 is 8.42 Å². The number of fused-ring (bicyclic) bond motifs is 1. The zero-order valence-electron chi connectivity index (χ0n) is 7.71. The fraction of sp³-hybridized carbons (Fsp3) is 0. The van der Waals surface area contributed by atoms with Crippen LogP contribution in [0.15, 0.2) is 46.2 Å². The van der Waals surface area contributed by atoms with E-state index in [0.29, 0.717) is 0 Å². The van der Waals surface area contributed by atoms with Gasteiger partial charge in [-0.15, -0.1) is 12.6 Å². The summed E-state index contributed by atoms with van der Waals surface area (Å²) in [5.74, 6) is 0. The maximum Gasteiger partial charge on any atom is 0.238 e. The third-order valence-electron chi connectivity index (χ3n) is 2.12. The van der Waals surface area contributed by atoms with Crippen LogP contribution in [0.3, 0.4) is 0 Å². The first kappa shape index (κ1) is 10.5. The molecule has 0 bridgehead atoms. The second kappa shape index (κ2) is 3.52. The monoisotopic (exact) mass is 239 g/mol. The van der Waals surface area contributed by atoms with Crippen molar-refractivity contribution in [1.29, 1.82) is 0 Å². The average Bonchev–Trinajstić information content (AvgIpc) is 2.15. The molecule has 0 aliphatic carbocycles. The molecule has 0 aromatic heterocycles. The third-order valence-corrected chi connectivity index (χ3v) is 3.31. The molecule has 0 saturated heterocycles. The summed E-state index contributed by atoms with van der Waals surface area (Å²) in [6.45, 7) is 0. The molecule has 2 aromatic carbocycles. The molecule has 5 heteroatoms. The summed E-state index contributed by atoms with van der Waals surface area (Å²) < 4.78 is 22.2. The Balaban J connectivity index is 2.75. The molecule has 0 amide bonds. The van der Waals surface area contributed by atoms with Gasteiger partial charge in [0.15, 0.2) is 0 Å². The topological polar surface area (TPSA) is 60.2 Å². The molecule has 0 spiro atoms. The number of benzene rings is 2. The van der Waals surface area contributed by atoms with Crippen LogP contribution in [0.25, 0.3) is 10.8 Å². The molecular weight excluding hydrogens is 230 g/mol. The second-order valence-electron chi connectivity index (χ2n) is 3.24. The first-order valence-corrected chi connectivity index (χ1v) is 6.22. The number of hydrogen-bond acceptors (Lipinski definition) is 3. The molecule has 78 valence electrons. The van der Waals surface area contributed by atoms with Gasteiger partial charge in [0.05, 0.1) is 4.90 Å². The SMILES string of the molecule is NS(=O)(=O)c1ccc2ccc(S)cc2c1. The van der Waals surface area contributed by atoms with E-state index in [0.717, 1.165) is 15.7 Å². The van der Waals surface area contributed by atoms with E-state index in [1.165, 1.54) is 6.07 Å². The highest BCUT2D eigenvalue weighted by atomic mass is 32.2. The Labute approximate surface area is 93.4 Å². The molecule has 3 nitrogen and oxygen atoms in total. The molecule has 2 rings (SSSR count). The van der Waals surface area contributed by atoms with Crippen molar-refractivity contribution in [2.45, 2.75) is 9.79 Å². The van der Waals surface area contributed by atoms with Crippen LogP contribution in [0.2, 0.25) is 0 Å². The zero-order valence-corrected chi connectivity index (χ0v) is 9.42. The highest BCUT2D eigenvalue weighted by molar-refractivity contribution is 7.89. The van der Waals surface area contributed by atoms with E-state index in [9.17, 15) is 8.42 Å². The van der Waals surface area contributed by atoms with Crippen molar-refractivity contribution in [3.8, 4) is 0 Å². The molecule has 0 aliphatic heterocycles. The zero-order chi connectivity index (χ0) is 11.1. The molecule has 0 fully saturated rings. The standard InChI is InChI=1S/C10H9NO2S2/c11-15(12,13)10-4-2-7-1-3-9(14)5-8(7)6-10/h1-6,14H,(H2,11,12,13). The third kappa shape index (κ3) is 2.14. The normalized spacial score (nSPS) is 11.9. The molecule has 2 N–H and O–H groups in total. The van der Waals surface area contributed by atoms with E-state index in [2.05, 4.69) is 12.6 Å². The van der Waals surface area contributed by atoms with Crippen LogP contribution in [-0.4, -0.2) is 8.42 Å². The summed E-state index contributed by atoms with van der Waals surface area (Å²) in [5.41, 5.74) is 0. The first-order valence-electron chi connectivity index (χ1n) is 4.22. The van der Waals surface area contributed by atoms with Crippen molar-refractivity contribution >= 4 is 33.4 Å². The van der Waals surface area contributed by atoms with Gasteiger partial charge in [-0.25, -0.2) is 13.6 Å². The average molecular weight is 239 g/mol. The molecule has 0 saturated carbocycles. The van der Waals surface area contributed by atoms with Gasteiger partial charge >= 0.3 is 0 Å². The maximum atomic E-state index is 11.1. The van der Waals surface area contributed by atoms with Crippen LogP contribution in [-0.2, 0) is 10.0 Å². The lowest BCUT2D eigenvalue weighted by molar-refractivity contribution is 0.598. The number of rotatable bonds is 1. The summed E-state index contributed by atoms with van der Waals surface area (Å²) in [4.78, 5) is 0.906. The van der Waals surface area contributed by atoms with Crippen molar-refractivity contribution in [3.63, 3.8) is 0 Å². The number of nitrogens with two attached hydrogens (primary N) is 1. The van der Waals surface area contributed by atoms with Crippen LogP contribution >= 0.6 is 12.6 Å². The number of primary sulfonamides is 1. The minimum Gasteiger partial charge on any atom is -0.225 e. The molecule has 0 radical (unpaired) electrons. The first-order chi connectivity index (χ1) is 6.97. The Kier molecular flexibility index (Phi) is 2.46. The summed E-state index contributed by atoms with van der Waals surface area (Å²) in [7, 11) is -3.63. The highest BCUT2D eigenvalue weighted by Crippen LogP contribution is 2.21. The number of thiol groups is 1. The van der Waals surface area contributed by atoms with Gasteiger partial charge in [0.1, 0.15) is 0 Å². The van der Waals surface area contributed by atoms with E-state index < -0.39 is 10.0 Å². The largest absolute Gasteiger partial charge is 0.238 e. The number of hydrogen-bond donors (Lipinski definition) is 2. The lowest BCUT2D eigenvalue weighted by atomic mass is 10.1. The van der Waals surface area contributed by atoms with Gasteiger partial charge < -0.3 is 0 Å². The Bertz CT molecular complexity index is 620. The van der Waals surface area contributed by atoms with Crippen molar-refractivity contribution in [3.05, 3.63) is 36.4 Å². The van der Waals surface area contributed by atoms with Gasteiger partial charge in [-0.3, -0.25) is 0 Å². The van der Waals surface area contributed by atoms with E-state index in [1.54, 1.807) is 18.2 Å². The fourth-order valence-corrected chi connectivity index (χ4v) is 2.15. The summed E-state index contributed by atoms with van der Waals surface area (Å²) in [5, 5.41) is 6.81. The van der Waals surface area contributed by atoms with Gasteiger partial charge in [0.25, 0.3) is 0 Å². The van der Waals surface area contributed by atoms with Gasteiger partial charge in [-0.2, -0.15) is 0 Å². The van der Waals surface area contributed by atoms with Crippen molar-refractivity contribution in [1.82, 2.24) is 0 Å². The predicted molar refractivity (Wildman–Crippen MR) is 62.6 cm³/mol. The lowest BCUT2D eigenvalue weighted by Gasteiger charge is -2.02. The lowest BCUT2D eigenvalue weighted by Crippen LogP contribution is -2.11. The van der Waals surface area contributed by atoms with Crippen molar-refractivity contribution in [2.24, 2.45) is 5.14 Å². The minimum absolute atomic E-state index is 0.119. The summed E-state index contributed by atoms with van der Waals surface area (Å²) in [6.07, 6.45) is 0. The summed E-state index contributed by atoms with van der Waals surface area (Å²) >= 11 is 4.19. The van der Waals surface area contributed by atoms with E-state index in [1.807, 2.05) is 12.1 Å². The smallest absolute Gasteiger partial charge is 0.225 e. The molecule has 0 unspecified atom stereocenters. The van der Waals surface area contributed by atoms with Crippen molar-refractivity contribution in [2.75, 3.05) is 0 Å².